The lowest BCUT2D eigenvalue weighted by molar-refractivity contribution is -0.167. The van der Waals surface area contributed by atoms with Crippen LogP contribution in [0.2, 0.25) is 0 Å². The van der Waals surface area contributed by atoms with Crippen molar-refractivity contribution in [1.29, 1.82) is 0 Å². The van der Waals surface area contributed by atoms with Gasteiger partial charge in [-0.15, -0.1) is 0 Å². The van der Waals surface area contributed by atoms with Crippen LogP contribution in [-0.2, 0) is 28.6 Å². The van der Waals surface area contributed by atoms with Crippen molar-refractivity contribution >= 4 is 17.9 Å². The molecular formula is C53H100O6. The van der Waals surface area contributed by atoms with E-state index in [0.717, 1.165) is 70.6 Å². The number of hydrogen-bond donors (Lipinski definition) is 0. The molecule has 0 bridgehead atoms. The van der Waals surface area contributed by atoms with Crippen molar-refractivity contribution in [1.82, 2.24) is 0 Å². The topological polar surface area (TPSA) is 78.9 Å². The molecule has 0 rings (SSSR count). The Labute approximate surface area is 367 Å². The zero-order valence-corrected chi connectivity index (χ0v) is 39.8. The summed E-state index contributed by atoms with van der Waals surface area (Å²) in [7, 11) is 0. The number of hydrogen-bond acceptors (Lipinski definition) is 6. The minimum absolute atomic E-state index is 0.0710. The molecule has 348 valence electrons. The highest BCUT2D eigenvalue weighted by atomic mass is 16.6. The first-order valence-electron chi connectivity index (χ1n) is 26.2. The lowest BCUT2D eigenvalue weighted by atomic mass is 10.0. The molecule has 0 amide bonds. The Morgan fingerprint density at radius 3 is 0.864 bits per heavy atom. The normalized spacial score (nSPS) is 12.0. The van der Waals surface area contributed by atoms with Gasteiger partial charge in [-0.1, -0.05) is 238 Å². The van der Waals surface area contributed by atoms with Crippen LogP contribution in [0.3, 0.4) is 0 Å². The van der Waals surface area contributed by atoms with Crippen LogP contribution in [0.4, 0.5) is 0 Å². The van der Waals surface area contributed by atoms with Gasteiger partial charge in [0.2, 0.25) is 0 Å². The molecule has 0 saturated heterocycles. The average Bonchev–Trinajstić information content (AvgIpc) is 3.23. The standard InChI is InChI=1S/C53H100O6/c1-4-7-10-13-16-19-21-23-25-26-27-28-30-31-34-37-40-43-46-52(55)58-49-50(48-57-51(54)45-42-39-36-33-18-15-12-9-6-3)59-53(56)47-44-41-38-35-32-29-24-22-20-17-14-11-8-5-2/h29,32,50H,4-28,30-31,33-49H2,1-3H3/b32-29-. The van der Waals surface area contributed by atoms with Crippen LogP contribution >= 0.6 is 0 Å². The van der Waals surface area contributed by atoms with Crippen molar-refractivity contribution in [2.75, 3.05) is 13.2 Å². The largest absolute Gasteiger partial charge is 0.462 e. The second-order valence-corrected chi connectivity index (χ2v) is 17.8. The van der Waals surface area contributed by atoms with Crippen molar-refractivity contribution in [3.8, 4) is 0 Å². The van der Waals surface area contributed by atoms with E-state index >= 15 is 0 Å². The van der Waals surface area contributed by atoms with E-state index in [1.807, 2.05) is 0 Å². The molecule has 0 aromatic carbocycles. The molecule has 0 aliphatic carbocycles. The summed E-state index contributed by atoms with van der Waals surface area (Å²) in [4.78, 5) is 37.9. The van der Waals surface area contributed by atoms with Crippen molar-refractivity contribution < 1.29 is 28.6 Å². The van der Waals surface area contributed by atoms with E-state index in [-0.39, 0.29) is 31.1 Å². The molecule has 6 heteroatoms. The summed E-state index contributed by atoms with van der Waals surface area (Å²) in [6.07, 6.45) is 53.5. The highest BCUT2D eigenvalue weighted by Crippen LogP contribution is 2.16. The SMILES string of the molecule is CCCCCCCCC/C=C\CCCCCC(=O)OC(COC(=O)CCCCCCCCCCC)COC(=O)CCCCCCCCCCCCCCCCCCCC. The molecule has 0 fully saturated rings. The summed E-state index contributed by atoms with van der Waals surface area (Å²) in [6, 6.07) is 0. The van der Waals surface area contributed by atoms with Gasteiger partial charge in [0.05, 0.1) is 0 Å². The van der Waals surface area contributed by atoms with Crippen LogP contribution in [0.25, 0.3) is 0 Å². The monoisotopic (exact) mass is 833 g/mol. The average molecular weight is 833 g/mol. The number of carbonyl (C=O) groups is 3. The molecule has 1 unspecified atom stereocenters. The smallest absolute Gasteiger partial charge is 0.306 e. The molecule has 1 atom stereocenters. The van der Waals surface area contributed by atoms with Crippen molar-refractivity contribution in [2.24, 2.45) is 0 Å². The third kappa shape index (κ3) is 47.1. The summed E-state index contributed by atoms with van der Waals surface area (Å²) in [6.45, 7) is 6.64. The first kappa shape index (κ1) is 57.1. The first-order valence-corrected chi connectivity index (χ1v) is 26.2. The number of unbranched alkanes of at least 4 members (excludes halogenated alkanes) is 35. The first-order chi connectivity index (χ1) is 29.0. The van der Waals surface area contributed by atoms with Gasteiger partial charge in [0.15, 0.2) is 6.10 Å². The summed E-state index contributed by atoms with van der Waals surface area (Å²) >= 11 is 0. The minimum Gasteiger partial charge on any atom is -0.462 e. The van der Waals surface area contributed by atoms with Crippen LogP contribution in [0.5, 0.6) is 0 Å². The molecule has 0 aliphatic heterocycles. The Bertz CT molecular complexity index is 916. The van der Waals surface area contributed by atoms with Crippen LogP contribution in [-0.4, -0.2) is 37.2 Å². The van der Waals surface area contributed by atoms with E-state index in [1.54, 1.807) is 0 Å². The van der Waals surface area contributed by atoms with Crippen molar-refractivity contribution in [2.45, 2.75) is 297 Å². The summed E-state index contributed by atoms with van der Waals surface area (Å²) in [5, 5.41) is 0. The zero-order chi connectivity index (χ0) is 43.0. The van der Waals surface area contributed by atoms with Crippen LogP contribution in [0, 0.1) is 0 Å². The zero-order valence-electron chi connectivity index (χ0n) is 39.8. The molecule has 6 nitrogen and oxygen atoms in total. The van der Waals surface area contributed by atoms with E-state index < -0.39 is 6.10 Å². The number of ether oxygens (including phenoxy) is 3. The third-order valence-electron chi connectivity index (χ3n) is 11.8. The number of esters is 3. The van der Waals surface area contributed by atoms with Crippen LogP contribution in [0.15, 0.2) is 12.2 Å². The van der Waals surface area contributed by atoms with Gasteiger partial charge in [-0.2, -0.15) is 0 Å². The fraction of sp³-hybridized carbons (Fsp3) is 0.906. The van der Waals surface area contributed by atoms with Gasteiger partial charge < -0.3 is 14.2 Å². The molecule has 0 heterocycles. The molecule has 0 aromatic rings. The van der Waals surface area contributed by atoms with Crippen LogP contribution < -0.4 is 0 Å². The fourth-order valence-corrected chi connectivity index (χ4v) is 7.79. The molecule has 0 aromatic heterocycles. The highest BCUT2D eigenvalue weighted by molar-refractivity contribution is 5.71. The second-order valence-electron chi connectivity index (χ2n) is 17.8. The van der Waals surface area contributed by atoms with Crippen molar-refractivity contribution in [3.05, 3.63) is 12.2 Å². The predicted molar refractivity (Wildman–Crippen MR) is 252 cm³/mol. The second kappa shape index (κ2) is 48.8. The number of allylic oxidation sites excluding steroid dienone is 2. The Morgan fingerprint density at radius 1 is 0.322 bits per heavy atom. The van der Waals surface area contributed by atoms with Gasteiger partial charge in [-0.3, -0.25) is 14.4 Å². The molecular weight excluding hydrogens is 733 g/mol. The Balaban J connectivity index is 4.26. The Kier molecular flexibility index (Phi) is 47.3. The summed E-state index contributed by atoms with van der Waals surface area (Å²) in [5.41, 5.74) is 0. The third-order valence-corrected chi connectivity index (χ3v) is 11.8. The Hall–Kier alpha value is -1.85. The van der Waals surface area contributed by atoms with Gasteiger partial charge in [-0.05, 0) is 44.9 Å². The minimum atomic E-state index is -0.770. The molecule has 0 saturated carbocycles. The van der Waals surface area contributed by atoms with Crippen LogP contribution in [0.1, 0.15) is 290 Å². The maximum Gasteiger partial charge on any atom is 0.306 e. The predicted octanol–water partition coefficient (Wildman–Crippen LogP) is 17.0. The number of carbonyl (C=O) groups excluding carboxylic acids is 3. The van der Waals surface area contributed by atoms with Gasteiger partial charge in [0.25, 0.3) is 0 Å². The summed E-state index contributed by atoms with van der Waals surface area (Å²) in [5.74, 6) is -0.873. The quantitative estimate of drug-likeness (QED) is 0.0263. The molecule has 59 heavy (non-hydrogen) atoms. The van der Waals surface area contributed by atoms with E-state index in [4.69, 9.17) is 14.2 Å². The molecule has 0 N–H and O–H groups in total. The van der Waals surface area contributed by atoms with E-state index in [0.29, 0.717) is 19.3 Å². The van der Waals surface area contributed by atoms with Gasteiger partial charge in [0, 0.05) is 19.3 Å². The lowest BCUT2D eigenvalue weighted by Crippen LogP contribution is -2.30. The molecule has 0 spiro atoms. The Morgan fingerprint density at radius 2 is 0.559 bits per heavy atom. The van der Waals surface area contributed by atoms with E-state index in [1.165, 1.54) is 180 Å². The maximum absolute atomic E-state index is 12.8. The number of rotatable bonds is 48. The highest BCUT2D eigenvalue weighted by Gasteiger charge is 2.19. The van der Waals surface area contributed by atoms with E-state index in [9.17, 15) is 14.4 Å². The molecule has 0 aliphatic rings. The molecule has 0 radical (unpaired) electrons. The lowest BCUT2D eigenvalue weighted by Gasteiger charge is -2.18. The summed E-state index contributed by atoms with van der Waals surface area (Å²) < 4.78 is 16.8. The van der Waals surface area contributed by atoms with Gasteiger partial charge >= 0.3 is 17.9 Å². The van der Waals surface area contributed by atoms with Gasteiger partial charge in [-0.25, -0.2) is 0 Å². The van der Waals surface area contributed by atoms with E-state index in [2.05, 4.69) is 32.9 Å². The maximum atomic E-state index is 12.8. The van der Waals surface area contributed by atoms with Crippen molar-refractivity contribution in [3.63, 3.8) is 0 Å². The van der Waals surface area contributed by atoms with Gasteiger partial charge in [0.1, 0.15) is 13.2 Å². The fourth-order valence-electron chi connectivity index (χ4n) is 7.79.